The third-order valence-electron chi connectivity index (χ3n) is 3.42. The molecule has 0 fully saturated rings. The van der Waals surface area contributed by atoms with Gasteiger partial charge in [-0.2, -0.15) is 0 Å². The third kappa shape index (κ3) is 3.19. The standard InChI is InChI=1S/C17H20O/c1-17(2,13-18)11-5-6-14-9-10-15-7-3-4-8-16(15)12-14/h3-4,7-10,12-13H,5-6,11H2,1-2H3. The lowest BCUT2D eigenvalue weighted by atomic mass is 9.88. The molecule has 0 saturated carbocycles. The summed E-state index contributed by atoms with van der Waals surface area (Å²) in [6.07, 6.45) is 4.11. The van der Waals surface area contributed by atoms with E-state index in [2.05, 4.69) is 42.5 Å². The summed E-state index contributed by atoms with van der Waals surface area (Å²) in [6, 6.07) is 15.0. The van der Waals surface area contributed by atoms with Crippen LogP contribution in [0.4, 0.5) is 0 Å². The fourth-order valence-corrected chi connectivity index (χ4v) is 2.20. The second-order valence-corrected chi connectivity index (χ2v) is 5.64. The minimum Gasteiger partial charge on any atom is -0.303 e. The molecular weight excluding hydrogens is 220 g/mol. The van der Waals surface area contributed by atoms with Gasteiger partial charge in [0.15, 0.2) is 0 Å². The van der Waals surface area contributed by atoms with E-state index in [-0.39, 0.29) is 5.41 Å². The largest absolute Gasteiger partial charge is 0.303 e. The zero-order valence-corrected chi connectivity index (χ0v) is 11.1. The minimum atomic E-state index is -0.184. The Morgan fingerprint density at radius 3 is 2.50 bits per heavy atom. The van der Waals surface area contributed by atoms with Gasteiger partial charge in [0.25, 0.3) is 0 Å². The first-order chi connectivity index (χ1) is 8.61. The summed E-state index contributed by atoms with van der Waals surface area (Å²) < 4.78 is 0. The number of hydrogen-bond donors (Lipinski definition) is 0. The molecule has 94 valence electrons. The Kier molecular flexibility index (Phi) is 3.81. The van der Waals surface area contributed by atoms with Crippen LogP contribution < -0.4 is 0 Å². The maximum absolute atomic E-state index is 10.8. The topological polar surface area (TPSA) is 17.1 Å². The second kappa shape index (κ2) is 5.34. The maximum Gasteiger partial charge on any atom is 0.125 e. The molecule has 0 bridgehead atoms. The molecule has 2 aromatic rings. The molecule has 0 atom stereocenters. The highest BCUT2D eigenvalue weighted by atomic mass is 16.1. The zero-order chi connectivity index (χ0) is 13.0. The number of hydrogen-bond acceptors (Lipinski definition) is 1. The van der Waals surface area contributed by atoms with E-state index < -0.39 is 0 Å². The molecule has 0 radical (unpaired) electrons. The van der Waals surface area contributed by atoms with Crippen molar-refractivity contribution in [2.24, 2.45) is 5.41 Å². The summed E-state index contributed by atoms with van der Waals surface area (Å²) >= 11 is 0. The molecule has 0 aromatic heterocycles. The Bertz CT molecular complexity index is 540. The van der Waals surface area contributed by atoms with Gasteiger partial charge in [-0.1, -0.05) is 56.3 Å². The molecule has 0 aliphatic carbocycles. The van der Waals surface area contributed by atoms with Gasteiger partial charge in [0, 0.05) is 5.41 Å². The van der Waals surface area contributed by atoms with Crippen LogP contribution in [0.15, 0.2) is 42.5 Å². The van der Waals surface area contributed by atoms with E-state index in [0.717, 1.165) is 25.5 Å². The summed E-state index contributed by atoms with van der Waals surface area (Å²) in [5.41, 5.74) is 1.17. The molecule has 1 nitrogen and oxygen atoms in total. The minimum absolute atomic E-state index is 0.184. The van der Waals surface area contributed by atoms with Crippen molar-refractivity contribution in [1.82, 2.24) is 0 Å². The van der Waals surface area contributed by atoms with Gasteiger partial charge < -0.3 is 4.79 Å². The van der Waals surface area contributed by atoms with Crippen LogP contribution in [-0.4, -0.2) is 6.29 Å². The number of carbonyl (C=O) groups is 1. The Hall–Kier alpha value is -1.63. The fraction of sp³-hybridized carbons (Fsp3) is 0.353. The quantitative estimate of drug-likeness (QED) is 0.708. The van der Waals surface area contributed by atoms with Crippen molar-refractivity contribution in [2.45, 2.75) is 33.1 Å². The Morgan fingerprint density at radius 2 is 1.78 bits per heavy atom. The highest BCUT2D eigenvalue weighted by Crippen LogP contribution is 2.22. The number of aldehydes is 1. The summed E-state index contributed by atoms with van der Waals surface area (Å²) in [4.78, 5) is 10.8. The predicted molar refractivity (Wildman–Crippen MR) is 76.7 cm³/mol. The smallest absolute Gasteiger partial charge is 0.125 e. The van der Waals surface area contributed by atoms with Crippen molar-refractivity contribution in [1.29, 1.82) is 0 Å². The predicted octanol–water partition coefficient (Wildman–Crippen LogP) is 4.39. The monoisotopic (exact) mass is 240 g/mol. The van der Waals surface area contributed by atoms with E-state index in [1.165, 1.54) is 16.3 Å². The molecule has 0 aliphatic heterocycles. The van der Waals surface area contributed by atoms with Crippen molar-refractivity contribution in [3.05, 3.63) is 48.0 Å². The van der Waals surface area contributed by atoms with Gasteiger partial charge in [0.2, 0.25) is 0 Å². The van der Waals surface area contributed by atoms with Crippen LogP contribution in [0.25, 0.3) is 10.8 Å². The van der Waals surface area contributed by atoms with E-state index in [1.54, 1.807) is 0 Å². The average molecular weight is 240 g/mol. The molecule has 0 heterocycles. The molecule has 2 aromatic carbocycles. The summed E-state index contributed by atoms with van der Waals surface area (Å²) in [6.45, 7) is 4.00. The van der Waals surface area contributed by atoms with Crippen LogP contribution >= 0.6 is 0 Å². The molecule has 0 amide bonds. The van der Waals surface area contributed by atoms with Crippen molar-refractivity contribution >= 4 is 17.1 Å². The molecule has 1 heteroatoms. The van der Waals surface area contributed by atoms with Gasteiger partial charge in [-0.3, -0.25) is 0 Å². The Morgan fingerprint density at radius 1 is 1.06 bits per heavy atom. The van der Waals surface area contributed by atoms with Crippen LogP contribution in [0.2, 0.25) is 0 Å². The van der Waals surface area contributed by atoms with Crippen molar-refractivity contribution in [3.63, 3.8) is 0 Å². The van der Waals surface area contributed by atoms with Crippen molar-refractivity contribution in [3.8, 4) is 0 Å². The number of rotatable bonds is 5. The van der Waals surface area contributed by atoms with E-state index in [4.69, 9.17) is 0 Å². The van der Waals surface area contributed by atoms with Gasteiger partial charge in [-0.15, -0.1) is 0 Å². The van der Waals surface area contributed by atoms with Gasteiger partial charge in [-0.05, 0) is 35.6 Å². The first-order valence-electron chi connectivity index (χ1n) is 6.55. The van der Waals surface area contributed by atoms with Gasteiger partial charge in [-0.25, -0.2) is 0 Å². The number of aryl methyl sites for hydroxylation is 1. The number of carbonyl (C=O) groups excluding carboxylic acids is 1. The number of benzene rings is 2. The highest BCUT2D eigenvalue weighted by Gasteiger charge is 2.15. The Balaban J connectivity index is 2.02. The summed E-state index contributed by atoms with van der Waals surface area (Å²) in [7, 11) is 0. The highest BCUT2D eigenvalue weighted by molar-refractivity contribution is 5.82. The lowest BCUT2D eigenvalue weighted by Gasteiger charge is -2.16. The van der Waals surface area contributed by atoms with E-state index in [0.29, 0.717) is 0 Å². The van der Waals surface area contributed by atoms with E-state index >= 15 is 0 Å². The van der Waals surface area contributed by atoms with Crippen LogP contribution in [0, 0.1) is 5.41 Å². The molecule has 0 unspecified atom stereocenters. The lowest BCUT2D eigenvalue weighted by Crippen LogP contribution is -2.12. The third-order valence-corrected chi connectivity index (χ3v) is 3.42. The molecule has 0 saturated heterocycles. The molecular formula is C17H20O. The van der Waals surface area contributed by atoms with Crippen LogP contribution in [-0.2, 0) is 11.2 Å². The van der Waals surface area contributed by atoms with Gasteiger partial charge >= 0.3 is 0 Å². The average Bonchev–Trinajstić information content (AvgIpc) is 2.38. The van der Waals surface area contributed by atoms with E-state index in [1.807, 2.05) is 13.8 Å². The van der Waals surface area contributed by atoms with Gasteiger partial charge in [0.1, 0.15) is 6.29 Å². The van der Waals surface area contributed by atoms with Crippen LogP contribution in [0.5, 0.6) is 0 Å². The molecule has 0 aliphatic rings. The first kappa shape index (κ1) is 12.8. The molecule has 0 N–H and O–H groups in total. The number of fused-ring (bicyclic) bond motifs is 1. The van der Waals surface area contributed by atoms with Gasteiger partial charge in [0.05, 0.1) is 0 Å². The van der Waals surface area contributed by atoms with Crippen LogP contribution in [0.3, 0.4) is 0 Å². The second-order valence-electron chi connectivity index (χ2n) is 5.64. The fourth-order valence-electron chi connectivity index (χ4n) is 2.20. The molecule has 18 heavy (non-hydrogen) atoms. The van der Waals surface area contributed by atoms with Crippen molar-refractivity contribution < 1.29 is 4.79 Å². The Labute approximate surface area is 109 Å². The van der Waals surface area contributed by atoms with Crippen LogP contribution in [0.1, 0.15) is 32.3 Å². The summed E-state index contributed by atoms with van der Waals surface area (Å²) in [5.74, 6) is 0. The summed E-state index contributed by atoms with van der Waals surface area (Å²) in [5, 5.41) is 2.58. The van der Waals surface area contributed by atoms with E-state index in [9.17, 15) is 4.79 Å². The SMILES string of the molecule is CC(C)(C=O)CCCc1ccc2ccccc2c1. The normalized spacial score (nSPS) is 11.7. The first-order valence-corrected chi connectivity index (χ1v) is 6.55. The molecule has 2 rings (SSSR count). The lowest BCUT2D eigenvalue weighted by molar-refractivity contribution is -0.115. The molecule has 0 spiro atoms. The van der Waals surface area contributed by atoms with Crippen molar-refractivity contribution in [2.75, 3.05) is 0 Å². The zero-order valence-electron chi connectivity index (χ0n) is 11.1. The maximum atomic E-state index is 10.8.